The lowest BCUT2D eigenvalue weighted by Gasteiger charge is -2.31. The number of ether oxygens (including phenoxy) is 1. The van der Waals surface area contributed by atoms with Crippen LogP contribution in [0, 0.1) is 0 Å². The van der Waals surface area contributed by atoms with Gasteiger partial charge in [-0.3, -0.25) is 9.89 Å². The first-order chi connectivity index (χ1) is 8.72. The molecule has 0 atom stereocenters. The summed E-state index contributed by atoms with van der Waals surface area (Å²) in [7, 11) is 0. The molecule has 1 aliphatic rings. The van der Waals surface area contributed by atoms with Gasteiger partial charge in [0, 0.05) is 13.1 Å². The van der Waals surface area contributed by atoms with E-state index in [2.05, 4.69) is 10.2 Å². The van der Waals surface area contributed by atoms with Crippen molar-refractivity contribution in [2.45, 2.75) is 18.9 Å². The van der Waals surface area contributed by atoms with E-state index in [1.807, 2.05) is 0 Å². The number of likely N-dealkylation sites (tertiary alicyclic amines) is 1. The van der Waals surface area contributed by atoms with Gasteiger partial charge < -0.3 is 20.5 Å². The number of aliphatic hydroxyl groups is 1. The van der Waals surface area contributed by atoms with Crippen LogP contribution < -0.4 is 5.73 Å². The molecule has 1 fully saturated rings. The minimum atomic E-state index is -0.120. The fraction of sp³-hybridized carbons (Fsp3) is 0.636. The van der Waals surface area contributed by atoms with Crippen LogP contribution >= 0.6 is 0 Å². The van der Waals surface area contributed by atoms with E-state index in [0.29, 0.717) is 31.1 Å². The second-order valence-corrected chi connectivity index (χ2v) is 4.29. The molecule has 0 saturated carbocycles. The van der Waals surface area contributed by atoms with Crippen molar-refractivity contribution in [1.82, 2.24) is 15.1 Å². The standard InChI is InChI=1S/C11H18N4O3/c12-9-7-13-14-10(9)11(17)15-3-1-8(2-4-15)18-6-5-16/h7-8,16H,1-6,12H2,(H,13,14). The summed E-state index contributed by atoms with van der Waals surface area (Å²) in [5.41, 5.74) is 6.37. The number of hydrogen-bond acceptors (Lipinski definition) is 5. The Morgan fingerprint density at radius 2 is 2.33 bits per heavy atom. The van der Waals surface area contributed by atoms with Gasteiger partial charge in [0.05, 0.1) is 31.2 Å². The second-order valence-electron chi connectivity index (χ2n) is 4.29. The maximum Gasteiger partial charge on any atom is 0.274 e. The van der Waals surface area contributed by atoms with E-state index in [4.69, 9.17) is 15.6 Å². The molecular weight excluding hydrogens is 236 g/mol. The Morgan fingerprint density at radius 1 is 1.61 bits per heavy atom. The van der Waals surface area contributed by atoms with Crippen LogP contribution in [0.2, 0.25) is 0 Å². The molecule has 1 aromatic rings. The monoisotopic (exact) mass is 254 g/mol. The first-order valence-corrected chi connectivity index (χ1v) is 6.03. The lowest BCUT2D eigenvalue weighted by molar-refractivity contribution is -0.00562. The van der Waals surface area contributed by atoms with E-state index >= 15 is 0 Å². The van der Waals surface area contributed by atoms with Gasteiger partial charge in [-0.15, -0.1) is 0 Å². The zero-order valence-electron chi connectivity index (χ0n) is 10.1. The predicted molar refractivity (Wildman–Crippen MR) is 65.0 cm³/mol. The Labute approximate surface area is 105 Å². The number of carbonyl (C=O) groups excluding carboxylic acids is 1. The highest BCUT2D eigenvalue weighted by atomic mass is 16.5. The lowest BCUT2D eigenvalue weighted by atomic mass is 10.1. The molecule has 100 valence electrons. The topological polar surface area (TPSA) is 104 Å². The van der Waals surface area contributed by atoms with Crippen LogP contribution in [-0.2, 0) is 4.74 Å². The molecule has 4 N–H and O–H groups in total. The molecule has 7 nitrogen and oxygen atoms in total. The molecule has 1 aromatic heterocycles. The minimum Gasteiger partial charge on any atom is -0.396 e. The van der Waals surface area contributed by atoms with Crippen molar-refractivity contribution >= 4 is 11.6 Å². The number of aromatic nitrogens is 2. The molecular formula is C11H18N4O3. The van der Waals surface area contributed by atoms with Gasteiger partial charge in [0.1, 0.15) is 5.69 Å². The molecule has 1 amide bonds. The molecule has 2 rings (SSSR count). The average molecular weight is 254 g/mol. The van der Waals surface area contributed by atoms with Gasteiger partial charge in [-0.1, -0.05) is 0 Å². The normalized spacial score (nSPS) is 17.1. The molecule has 2 heterocycles. The predicted octanol–water partition coefficient (Wildman–Crippen LogP) is -0.395. The summed E-state index contributed by atoms with van der Waals surface area (Å²) in [6, 6.07) is 0. The quantitative estimate of drug-likeness (QED) is 0.678. The molecule has 0 spiro atoms. The summed E-state index contributed by atoms with van der Waals surface area (Å²) < 4.78 is 5.44. The number of aromatic amines is 1. The summed E-state index contributed by atoms with van der Waals surface area (Å²) in [4.78, 5) is 13.8. The van der Waals surface area contributed by atoms with Crippen LogP contribution in [0.15, 0.2) is 6.20 Å². The van der Waals surface area contributed by atoms with Crippen LogP contribution in [0.5, 0.6) is 0 Å². The molecule has 18 heavy (non-hydrogen) atoms. The summed E-state index contributed by atoms with van der Waals surface area (Å²) in [5, 5.41) is 15.0. The number of nitrogens with one attached hydrogen (secondary N) is 1. The highest BCUT2D eigenvalue weighted by Gasteiger charge is 2.25. The van der Waals surface area contributed by atoms with Gasteiger partial charge >= 0.3 is 0 Å². The zero-order chi connectivity index (χ0) is 13.0. The second kappa shape index (κ2) is 5.83. The smallest absolute Gasteiger partial charge is 0.274 e. The number of rotatable bonds is 4. The van der Waals surface area contributed by atoms with E-state index in [0.717, 1.165) is 12.8 Å². The van der Waals surface area contributed by atoms with Gasteiger partial charge in [-0.2, -0.15) is 5.10 Å². The number of hydrogen-bond donors (Lipinski definition) is 3. The van der Waals surface area contributed by atoms with Gasteiger partial charge in [0.15, 0.2) is 0 Å². The molecule has 0 aliphatic carbocycles. The van der Waals surface area contributed by atoms with E-state index in [9.17, 15) is 4.79 Å². The zero-order valence-corrected chi connectivity index (χ0v) is 10.1. The van der Waals surface area contributed by atoms with Gasteiger partial charge in [-0.25, -0.2) is 0 Å². The van der Waals surface area contributed by atoms with E-state index < -0.39 is 0 Å². The SMILES string of the molecule is Nc1cn[nH]c1C(=O)N1CCC(OCCO)CC1. The number of H-pyrrole nitrogens is 1. The maximum atomic E-state index is 12.1. The van der Waals surface area contributed by atoms with Crippen molar-refractivity contribution < 1.29 is 14.6 Å². The van der Waals surface area contributed by atoms with Crippen LogP contribution in [0.25, 0.3) is 0 Å². The van der Waals surface area contributed by atoms with Crippen LogP contribution in [0.4, 0.5) is 5.69 Å². The van der Waals surface area contributed by atoms with Crippen molar-refractivity contribution in [2.24, 2.45) is 0 Å². The number of amides is 1. The maximum absolute atomic E-state index is 12.1. The average Bonchev–Trinajstić information content (AvgIpc) is 2.82. The number of anilines is 1. The van der Waals surface area contributed by atoms with Gasteiger partial charge in [-0.05, 0) is 12.8 Å². The van der Waals surface area contributed by atoms with Crippen molar-refractivity contribution in [2.75, 3.05) is 32.0 Å². The summed E-state index contributed by atoms with van der Waals surface area (Å²) in [6.45, 7) is 1.65. The molecule has 0 aromatic carbocycles. The van der Waals surface area contributed by atoms with Crippen molar-refractivity contribution in [3.63, 3.8) is 0 Å². The number of nitrogen functional groups attached to an aromatic ring is 1. The Kier molecular flexibility index (Phi) is 4.16. The summed E-state index contributed by atoms with van der Waals surface area (Å²) in [6.07, 6.45) is 3.12. The Morgan fingerprint density at radius 3 is 2.89 bits per heavy atom. The number of nitrogens with zero attached hydrogens (tertiary/aromatic N) is 2. The molecule has 0 unspecified atom stereocenters. The first kappa shape index (κ1) is 12.8. The number of aliphatic hydroxyl groups excluding tert-OH is 1. The third kappa shape index (κ3) is 2.80. The highest BCUT2D eigenvalue weighted by molar-refractivity contribution is 5.97. The Balaban J connectivity index is 1.86. The van der Waals surface area contributed by atoms with Crippen molar-refractivity contribution in [3.8, 4) is 0 Å². The Hall–Kier alpha value is -1.60. The van der Waals surface area contributed by atoms with Crippen LogP contribution in [-0.4, -0.2) is 58.5 Å². The van der Waals surface area contributed by atoms with E-state index in [1.165, 1.54) is 6.20 Å². The van der Waals surface area contributed by atoms with Crippen LogP contribution in [0.1, 0.15) is 23.3 Å². The number of piperidine rings is 1. The fourth-order valence-corrected chi connectivity index (χ4v) is 2.07. The van der Waals surface area contributed by atoms with Crippen LogP contribution in [0.3, 0.4) is 0 Å². The van der Waals surface area contributed by atoms with Gasteiger partial charge in [0.25, 0.3) is 5.91 Å². The van der Waals surface area contributed by atoms with E-state index in [1.54, 1.807) is 4.90 Å². The summed E-state index contributed by atoms with van der Waals surface area (Å²) >= 11 is 0. The highest BCUT2D eigenvalue weighted by Crippen LogP contribution is 2.17. The first-order valence-electron chi connectivity index (χ1n) is 6.03. The lowest BCUT2D eigenvalue weighted by Crippen LogP contribution is -2.41. The van der Waals surface area contributed by atoms with Crippen molar-refractivity contribution in [1.29, 1.82) is 0 Å². The molecule has 0 bridgehead atoms. The molecule has 1 saturated heterocycles. The molecule has 0 radical (unpaired) electrons. The fourth-order valence-electron chi connectivity index (χ4n) is 2.07. The minimum absolute atomic E-state index is 0.0316. The third-order valence-corrected chi connectivity index (χ3v) is 3.06. The number of carbonyl (C=O) groups is 1. The van der Waals surface area contributed by atoms with Crippen molar-refractivity contribution in [3.05, 3.63) is 11.9 Å². The van der Waals surface area contributed by atoms with Gasteiger partial charge in [0.2, 0.25) is 0 Å². The Bertz CT molecular complexity index is 399. The largest absolute Gasteiger partial charge is 0.396 e. The summed E-state index contributed by atoms with van der Waals surface area (Å²) in [5.74, 6) is -0.120. The molecule has 1 aliphatic heterocycles. The number of nitrogens with two attached hydrogens (primary N) is 1. The molecule has 7 heteroatoms. The third-order valence-electron chi connectivity index (χ3n) is 3.06. The van der Waals surface area contributed by atoms with E-state index in [-0.39, 0.29) is 18.6 Å².